The predicted molar refractivity (Wildman–Crippen MR) is 51.7 cm³/mol. The molecule has 0 spiro atoms. The van der Waals surface area contributed by atoms with Gasteiger partial charge in [0.25, 0.3) is 5.56 Å². The first-order chi connectivity index (χ1) is 6.13. The molecule has 0 aromatic carbocycles. The summed E-state index contributed by atoms with van der Waals surface area (Å²) in [5, 5.41) is 3.21. The Balaban J connectivity index is 2.85. The second-order valence-corrected chi connectivity index (χ2v) is 3.64. The van der Waals surface area contributed by atoms with E-state index in [4.69, 9.17) is 0 Å². The zero-order valence-electron chi connectivity index (χ0n) is 8.27. The Bertz CT molecular complexity index is 418. The lowest BCUT2D eigenvalue weighted by molar-refractivity contribution is 0.755. The van der Waals surface area contributed by atoms with E-state index in [0.717, 1.165) is 24.3 Å². The first-order valence-corrected chi connectivity index (χ1v) is 4.51. The summed E-state index contributed by atoms with van der Waals surface area (Å²) in [6, 6.07) is 0. The minimum atomic E-state index is 0.156. The Kier molecular flexibility index (Phi) is 1.77. The third kappa shape index (κ3) is 1.04. The van der Waals surface area contributed by atoms with E-state index in [1.807, 2.05) is 14.0 Å². The Morgan fingerprint density at radius 1 is 1.23 bits per heavy atom. The van der Waals surface area contributed by atoms with Crippen molar-refractivity contribution in [1.82, 2.24) is 9.88 Å². The topological polar surface area (TPSA) is 34.0 Å². The number of aromatic nitrogens is 1. The highest BCUT2D eigenvalue weighted by molar-refractivity contribution is 5.38. The summed E-state index contributed by atoms with van der Waals surface area (Å²) >= 11 is 0. The maximum atomic E-state index is 11.8. The summed E-state index contributed by atoms with van der Waals surface area (Å²) in [7, 11) is 1.84. The van der Waals surface area contributed by atoms with Crippen molar-refractivity contribution >= 4 is 0 Å². The van der Waals surface area contributed by atoms with Gasteiger partial charge in [0.05, 0.1) is 0 Å². The van der Waals surface area contributed by atoms with E-state index in [1.165, 1.54) is 11.1 Å². The molecule has 1 aliphatic heterocycles. The van der Waals surface area contributed by atoms with Crippen LogP contribution in [0.4, 0.5) is 0 Å². The van der Waals surface area contributed by atoms with Crippen molar-refractivity contribution in [3.63, 3.8) is 0 Å². The molecule has 0 saturated heterocycles. The Labute approximate surface area is 77.4 Å². The van der Waals surface area contributed by atoms with Crippen molar-refractivity contribution in [1.29, 1.82) is 0 Å². The van der Waals surface area contributed by atoms with Crippen LogP contribution in [0, 0.1) is 13.8 Å². The minimum Gasteiger partial charge on any atom is -0.315 e. The molecule has 3 heteroatoms. The van der Waals surface area contributed by atoms with E-state index in [2.05, 4.69) is 12.2 Å². The number of pyridine rings is 1. The molecule has 1 aliphatic rings. The van der Waals surface area contributed by atoms with Crippen molar-refractivity contribution in [2.75, 3.05) is 0 Å². The van der Waals surface area contributed by atoms with Crippen LogP contribution in [0.15, 0.2) is 4.79 Å². The number of nitrogens with one attached hydrogen (secondary N) is 1. The summed E-state index contributed by atoms with van der Waals surface area (Å²) in [5.41, 5.74) is 4.64. The molecule has 2 heterocycles. The van der Waals surface area contributed by atoms with Gasteiger partial charge in [-0.1, -0.05) is 0 Å². The van der Waals surface area contributed by atoms with Crippen LogP contribution in [0.3, 0.4) is 0 Å². The molecule has 2 rings (SSSR count). The van der Waals surface area contributed by atoms with Gasteiger partial charge in [-0.05, 0) is 25.0 Å². The molecule has 0 amide bonds. The first kappa shape index (κ1) is 8.51. The van der Waals surface area contributed by atoms with Crippen LogP contribution in [0.1, 0.15) is 22.4 Å². The zero-order valence-corrected chi connectivity index (χ0v) is 8.27. The van der Waals surface area contributed by atoms with Crippen LogP contribution in [0.25, 0.3) is 0 Å². The largest absolute Gasteiger partial charge is 0.315 e. The summed E-state index contributed by atoms with van der Waals surface area (Å²) in [6.07, 6.45) is 0. The van der Waals surface area contributed by atoms with Crippen molar-refractivity contribution in [2.45, 2.75) is 26.9 Å². The predicted octanol–water partition coefficient (Wildman–Crippen LogP) is 0.605. The highest BCUT2D eigenvalue weighted by Crippen LogP contribution is 2.18. The second kappa shape index (κ2) is 2.70. The summed E-state index contributed by atoms with van der Waals surface area (Å²) in [6.45, 7) is 5.65. The Hall–Kier alpha value is -1.09. The number of nitrogens with zero attached hydrogens (tertiary/aromatic N) is 1. The molecule has 0 aliphatic carbocycles. The van der Waals surface area contributed by atoms with Gasteiger partial charge in [0.1, 0.15) is 0 Å². The van der Waals surface area contributed by atoms with Crippen molar-refractivity contribution in [2.24, 2.45) is 7.05 Å². The molecular weight excluding hydrogens is 164 g/mol. The van der Waals surface area contributed by atoms with Gasteiger partial charge < -0.3 is 9.88 Å². The van der Waals surface area contributed by atoms with E-state index in [9.17, 15) is 4.79 Å². The lowest BCUT2D eigenvalue weighted by Crippen LogP contribution is -2.24. The maximum Gasteiger partial charge on any atom is 0.255 e. The van der Waals surface area contributed by atoms with E-state index >= 15 is 0 Å². The van der Waals surface area contributed by atoms with Gasteiger partial charge in [-0.2, -0.15) is 0 Å². The fourth-order valence-electron chi connectivity index (χ4n) is 1.91. The van der Waals surface area contributed by atoms with Crippen LogP contribution in [0.5, 0.6) is 0 Å². The smallest absolute Gasteiger partial charge is 0.255 e. The summed E-state index contributed by atoms with van der Waals surface area (Å²) in [4.78, 5) is 11.8. The molecule has 0 radical (unpaired) electrons. The van der Waals surface area contributed by atoms with Gasteiger partial charge in [0.15, 0.2) is 0 Å². The normalized spacial score (nSPS) is 14.7. The number of rotatable bonds is 0. The van der Waals surface area contributed by atoms with E-state index < -0.39 is 0 Å². The van der Waals surface area contributed by atoms with Gasteiger partial charge in [-0.15, -0.1) is 0 Å². The molecular formula is C10H14N2O. The van der Waals surface area contributed by atoms with E-state index in [-0.39, 0.29) is 5.56 Å². The molecule has 1 aromatic heterocycles. The Morgan fingerprint density at radius 2 is 1.85 bits per heavy atom. The number of hydrogen-bond acceptors (Lipinski definition) is 2. The maximum absolute atomic E-state index is 11.8. The Morgan fingerprint density at radius 3 is 2.54 bits per heavy atom. The van der Waals surface area contributed by atoms with Crippen molar-refractivity contribution < 1.29 is 0 Å². The average molecular weight is 178 g/mol. The molecule has 0 saturated carbocycles. The van der Waals surface area contributed by atoms with Crippen LogP contribution in [0.2, 0.25) is 0 Å². The van der Waals surface area contributed by atoms with Crippen LogP contribution in [-0.2, 0) is 20.1 Å². The van der Waals surface area contributed by atoms with Crippen molar-refractivity contribution in [3.05, 3.63) is 32.7 Å². The third-order valence-electron chi connectivity index (χ3n) is 3.03. The highest BCUT2D eigenvalue weighted by Gasteiger charge is 2.18. The number of fused-ring (bicyclic) bond motifs is 1. The van der Waals surface area contributed by atoms with Crippen LogP contribution >= 0.6 is 0 Å². The lowest BCUT2D eigenvalue weighted by Gasteiger charge is -2.11. The van der Waals surface area contributed by atoms with Gasteiger partial charge >= 0.3 is 0 Å². The molecule has 0 bridgehead atoms. The lowest BCUT2D eigenvalue weighted by atomic mass is 10.0. The van der Waals surface area contributed by atoms with Gasteiger partial charge in [0, 0.05) is 31.4 Å². The van der Waals surface area contributed by atoms with Crippen LogP contribution in [-0.4, -0.2) is 4.57 Å². The fraction of sp³-hybridized carbons (Fsp3) is 0.500. The third-order valence-corrected chi connectivity index (χ3v) is 3.03. The molecule has 70 valence electrons. The standard InChI is InChI=1S/C10H14N2O/c1-6-7(2)12(3)10(13)9-5-11-4-8(6)9/h11H,4-5H2,1-3H3. The molecule has 3 nitrogen and oxygen atoms in total. The molecule has 13 heavy (non-hydrogen) atoms. The van der Waals surface area contributed by atoms with E-state index in [0.29, 0.717) is 0 Å². The van der Waals surface area contributed by atoms with Crippen LogP contribution < -0.4 is 10.9 Å². The fourth-order valence-corrected chi connectivity index (χ4v) is 1.91. The highest BCUT2D eigenvalue weighted by atomic mass is 16.1. The van der Waals surface area contributed by atoms with Crippen molar-refractivity contribution in [3.8, 4) is 0 Å². The minimum absolute atomic E-state index is 0.156. The monoisotopic (exact) mass is 178 g/mol. The van der Waals surface area contributed by atoms with Gasteiger partial charge in [0.2, 0.25) is 0 Å². The molecule has 1 N–H and O–H groups in total. The second-order valence-electron chi connectivity index (χ2n) is 3.64. The van der Waals surface area contributed by atoms with Gasteiger partial charge in [-0.25, -0.2) is 0 Å². The number of hydrogen-bond donors (Lipinski definition) is 1. The molecule has 1 aromatic rings. The quantitative estimate of drug-likeness (QED) is 0.631. The first-order valence-electron chi connectivity index (χ1n) is 4.51. The van der Waals surface area contributed by atoms with E-state index in [1.54, 1.807) is 4.57 Å². The SMILES string of the molecule is Cc1c2c(c(=O)n(C)c1C)CNC2. The molecule has 0 atom stereocenters. The molecule has 0 fully saturated rings. The summed E-state index contributed by atoms with van der Waals surface area (Å²) in [5.74, 6) is 0. The molecule has 0 unspecified atom stereocenters. The van der Waals surface area contributed by atoms with Gasteiger partial charge in [-0.3, -0.25) is 4.79 Å². The summed E-state index contributed by atoms with van der Waals surface area (Å²) < 4.78 is 1.74. The average Bonchev–Trinajstić information content (AvgIpc) is 2.59. The zero-order chi connectivity index (χ0) is 9.59.